The summed E-state index contributed by atoms with van der Waals surface area (Å²) in [6.07, 6.45) is 0. The van der Waals surface area contributed by atoms with Crippen molar-refractivity contribution in [2.24, 2.45) is 5.73 Å². The fourth-order valence-electron chi connectivity index (χ4n) is 1.88. The maximum absolute atomic E-state index is 10.6. The molecule has 26 heavy (non-hydrogen) atoms. The van der Waals surface area contributed by atoms with Gasteiger partial charge in [-0.15, -0.1) is 23.7 Å². The number of benzene rings is 1. The lowest BCUT2D eigenvalue weighted by atomic mass is 10.3. The van der Waals surface area contributed by atoms with Gasteiger partial charge in [-0.25, -0.2) is 0 Å². The van der Waals surface area contributed by atoms with E-state index in [2.05, 4.69) is 5.32 Å². The highest BCUT2D eigenvalue weighted by Crippen LogP contribution is 2.18. The minimum absolute atomic E-state index is 0. The Bertz CT molecular complexity index is 650. The summed E-state index contributed by atoms with van der Waals surface area (Å²) < 4.78 is 16.2. The quantitative estimate of drug-likeness (QED) is 0.391. The third-order valence-corrected chi connectivity index (χ3v) is 3.76. The van der Waals surface area contributed by atoms with E-state index in [1.54, 1.807) is 31.2 Å². The van der Waals surface area contributed by atoms with Crippen molar-refractivity contribution in [1.29, 1.82) is 0 Å². The van der Waals surface area contributed by atoms with Crippen LogP contribution in [0.4, 0.5) is 0 Å². The number of primary amides is 1. The second kappa shape index (κ2) is 10.9. The van der Waals surface area contributed by atoms with Gasteiger partial charge in [-0.1, -0.05) is 0 Å². The molecule has 9 heteroatoms. The van der Waals surface area contributed by atoms with Gasteiger partial charge in [0.15, 0.2) is 6.61 Å². The molecule has 0 aliphatic carbocycles. The standard InChI is InChI=1S/C17H22N2O5S.ClH/c1-17(21,12-24-15-6-9-25-11-15)19-7-8-22-13-2-4-14(5-3-13)23-10-16(18)20;/h2-6,9,11,19,21H,7-8,10,12H2,1H3,(H2,18,20);1H. The van der Waals surface area contributed by atoms with Crippen LogP contribution in [0, 0.1) is 0 Å². The predicted octanol–water partition coefficient (Wildman–Crippen LogP) is 1.79. The molecule has 7 nitrogen and oxygen atoms in total. The zero-order valence-electron chi connectivity index (χ0n) is 14.3. The first-order valence-electron chi connectivity index (χ1n) is 7.71. The summed E-state index contributed by atoms with van der Waals surface area (Å²) in [6.45, 7) is 2.43. The van der Waals surface area contributed by atoms with Crippen molar-refractivity contribution in [2.75, 3.05) is 26.4 Å². The highest BCUT2D eigenvalue weighted by Gasteiger charge is 2.20. The van der Waals surface area contributed by atoms with Crippen molar-refractivity contribution in [3.63, 3.8) is 0 Å². The Morgan fingerprint density at radius 3 is 2.38 bits per heavy atom. The van der Waals surface area contributed by atoms with Gasteiger partial charge >= 0.3 is 0 Å². The minimum atomic E-state index is -1.16. The van der Waals surface area contributed by atoms with Crippen LogP contribution in [-0.2, 0) is 4.79 Å². The highest BCUT2D eigenvalue weighted by molar-refractivity contribution is 7.08. The van der Waals surface area contributed by atoms with Crippen LogP contribution in [-0.4, -0.2) is 43.1 Å². The molecule has 0 saturated carbocycles. The molecule has 1 aromatic carbocycles. The Labute approximate surface area is 162 Å². The average Bonchev–Trinajstić information content (AvgIpc) is 3.10. The second-order valence-electron chi connectivity index (χ2n) is 5.52. The fourth-order valence-corrected chi connectivity index (χ4v) is 2.46. The van der Waals surface area contributed by atoms with Crippen molar-refractivity contribution in [2.45, 2.75) is 12.6 Å². The molecule has 1 heterocycles. The minimum Gasteiger partial charge on any atom is -0.492 e. The van der Waals surface area contributed by atoms with Crippen LogP contribution in [0.1, 0.15) is 6.92 Å². The number of rotatable bonds is 11. The van der Waals surface area contributed by atoms with Crippen LogP contribution in [0.3, 0.4) is 0 Å². The number of ether oxygens (including phenoxy) is 3. The Kier molecular flexibility index (Phi) is 9.22. The molecule has 2 rings (SSSR count). The first-order valence-corrected chi connectivity index (χ1v) is 8.65. The molecular formula is C17H23ClN2O5S. The van der Waals surface area contributed by atoms with E-state index in [4.69, 9.17) is 19.9 Å². The SMILES string of the molecule is CC(O)(COc1ccsc1)NCCOc1ccc(OCC(N)=O)cc1.Cl. The van der Waals surface area contributed by atoms with Crippen molar-refractivity contribution in [1.82, 2.24) is 5.32 Å². The zero-order chi connectivity index (χ0) is 18.1. The fraction of sp³-hybridized carbons (Fsp3) is 0.353. The normalized spacial score (nSPS) is 12.5. The first-order chi connectivity index (χ1) is 11.9. The second-order valence-corrected chi connectivity index (χ2v) is 6.30. The molecular weight excluding hydrogens is 380 g/mol. The van der Waals surface area contributed by atoms with Crippen LogP contribution < -0.4 is 25.3 Å². The van der Waals surface area contributed by atoms with Gasteiger partial charge in [0.1, 0.15) is 36.2 Å². The van der Waals surface area contributed by atoms with Gasteiger partial charge in [0.2, 0.25) is 0 Å². The molecule has 1 aromatic heterocycles. The van der Waals surface area contributed by atoms with E-state index >= 15 is 0 Å². The van der Waals surface area contributed by atoms with Crippen molar-refractivity contribution >= 4 is 29.7 Å². The lowest BCUT2D eigenvalue weighted by Gasteiger charge is -2.24. The molecule has 1 amide bonds. The summed E-state index contributed by atoms with van der Waals surface area (Å²) in [7, 11) is 0. The summed E-state index contributed by atoms with van der Waals surface area (Å²) in [5.74, 6) is 1.41. The van der Waals surface area contributed by atoms with Crippen molar-refractivity contribution < 1.29 is 24.1 Å². The molecule has 0 spiro atoms. The molecule has 1 unspecified atom stereocenters. The maximum atomic E-state index is 10.6. The van der Waals surface area contributed by atoms with Crippen LogP contribution >= 0.6 is 23.7 Å². The number of nitrogens with one attached hydrogen (secondary N) is 1. The number of aliphatic hydroxyl groups is 1. The molecule has 0 saturated heterocycles. The molecule has 0 bridgehead atoms. The highest BCUT2D eigenvalue weighted by atomic mass is 35.5. The number of nitrogens with two attached hydrogens (primary N) is 1. The first kappa shape index (κ1) is 22.0. The maximum Gasteiger partial charge on any atom is 0.255 e. The van der Waals surface area contributed by atoms with Crippen LogP contribution in [0.25, 0.3) is 0 Å². The zero-order valence-corrected chi connectivity index (χ0v) is 16.0. The summed E-state index contributed by atoms with van der Waals surface area (Å²) >= 11 is 1.54. The van der Waals surface area contributed by atoms with E-state index in [-0.39, 0.29) is 25.6 Å². The average molecular weight is 403 g/mol. The largest absolute Gasteiger partial charge is 0.492 e. The number of thiophene rings is 1. The summed E-state index contributed by atoms with van der Waals surface area (Å²) in [5, 5.41) is 17.0. The Balaban J connectivity index is 0.00000338. The molecule has 0 fully saturated rings. The van der Waals surface area contributed by atoms with E-state index < -0.39 is 11.6 Å². The van der Waals surface area contributed by atoms with Gasteiger partial charge in [0.25, 0.3) is 5.91 Å². The van der Waals surface area contributed by atoms with E-state index in [0.717, 1.165) is 5.75 Å². The van der Waals surface area contributed by atoms with Crippen LogP contribution in [0.2, 0.25) is 0 Å². The molecule has 0 aliphatic heterocycles. The smallest absolute Gasteiger partial charge is 0.255 e. The predicted molar refractivity (Wildman–Crippen MR) is 102 cm³/mol. The van der Waals surface area contributed by atoms with Gasteiger partial charge in [0, 0.05) is 11.9 Å². The van der Waals surface area contributed by atoms with Crippen molar-refractivity contribution in [3.8, 4) is 17.2 Å². The van der Waals surface area contributed by atoms with E-state index in [9.17, 15) is 9.90 Å². The lowest BCUT2D eigenvalue weighted by Crippen LogP contribution is -2.48. The molecule has 0 radical (unpaired) electrons. The molecule has 144 valence electrons. The number of carbonyl (C=O) groups excluding carboxylic acids is 1. The summed E-state index contributed by atoms with van der Waals surface area (Å²) in [4.78, 5) is 10.6. The topological polar surface area (TPSA) is 103 Å². The van der Waals surface area contributed by atoms with E-state index in [1.807, 2.05) is 16.8 Å². The number of halogens is 1. The molecule has 1 atom stereocenters. The van der Waals surface area contributed by atoms with Gasteiger partial charge in [-0.3, -0.25) is 10.1 Å². The summed E-state index contributed by atoms with van der Waals surface area (Å²) in [5.41, 5.74) is 3.86. The van der Waals surface area contributed by atoms with E-state index in [1.165, 1.54) is 11.3 Å². The molecule has 4 N–H and O–H groups in total. The van der Waals surface area contributed by atoms with E-state index in [0.29, 0.717) is 24.7 Å². The lowest BCUT2D eigenvalue weighted by molar-refractivity contribution is -0.119. The number of hydrogen-bond donors (Lipinski definition) is 3. The summed E-state index contributed by atoms with van der Waals surface area (Å²) in [6, 6.07) is 8.69. The van der Waals surface area contributed by atoms with Crippen LogP contribution in [0.5, 0.6) is 17.2 Å². The van der Waals surface area contributed by atoms with Gasteiger partial charge in [-0.05, 0) is 42.6 Å². The molecule has 2 aromatic rings. The number of hydrogen-bond acceptors (Lipinski definition) is 7. The number of amides is 1. The third-order valence-electron chi connectivity index (χ3n) is 3.10. The van der Waals surface area contributed by atoms with Gasteiger partial charge in [-0.2, -0.15) is 0 Å². The Morgan fingerprint density at radius 1 is 1.15 bits per heavy atom. The Hall–Kier alpha value is -2.00. The Morgan fingerprint density at radius 2 is 1.81 bits per heavy atom. The third kappa shape index (κ3) is 8.39. The van der Waals surface area contributed by atoms with Gasteiger partial charge in [0.05, 0.1) is 0 Å². The van der Waals surface area contributed by atoms with Gasteiger partial charge < -0.3 is 25.1 Å². The van der Waals surface area contributed by atoms with Crippen molar-refractivity contribution in [3.05, 3.63) is 41.1 Å². The van der Waals surface area contributed by atoms with Crippen LogP contribution in [0.15, 0.2) is 41.1 Å². The monoisotopic (exact) mass is 402 g/mol. The number of carbonyl (C=O) groups is 1. The molecule has 0 aliphatic rings.